The molecule has 3 rings (SSSR count). The van der Waals surface area contributed by atoms with Crippen LogP contribution in [-0.4, -0.2) is 33.9 Å². The number of hydrogen-bond donors (Lipinski definition) is 4. The Morgan fingerprint density at radius 3 is 2.45 bits per heavy atom. The van der Waals surface area contributed by atoms with Crippen LogP contribution < -0.4 is 21.9 Å². The number of pyridine rings is 2. The summed E-state index contributed by atoms with van der Waals surface area (Å²) in [4.78, 5) is 45.6. The number of nitrogens with zero attached hydrogens (tertiary/aromatic N) is 2. The van der Waals surface area contributed by atoms with Gasteiger partial charge in [-0.25, -0.2) is 9.78 Å². The first-order valence-electron chi connectivity index (χ1n) is 9.88. The molecule has 0 aliphatic rings. The number of amides is 4. The van der Waals surface area contributed by atoms with Gasteiger partial charge in [0.25, 0.3) is 11.8 Å². The quantitative estimate of drug-likeness (QED) is 0.453. The molecule has 3 aromatic rings. The summed E-state index contributed by atoms with van der Waals surface area (Å²) in [7, 11) is 0. The third-order valence-electron chi connectivity index (χ3n) is 4.98. The molecule has 0 saturated heterocycles. The van der Waals surface area contributed by atoms with Gasteiger partial charge in [0.05, 0.1) is 22.5 Å². The predicted octanol–water partition coefficient (Wildman–Crippen LogP) is 2.14. The summed E-state index contributed by atoms with van der Waals surface area (Å²) in [6, 6.07) is 12.6. The van der Waals surface area contributed by atoms with Gasteiger partial charge >= 0.3 is 6.03 Å². The van der Waals surface area contributed by atoms with Crippen molar-refractivity contribution < 1.29 is 14.4 Å². The first-order valence-corrected chi connectivity index (χ1v) is 9.88. The lowest BCUT2D eigenvalue weighted by molar-refractivity contribution is -0.124. The third-order valence-corrected chi connectivity index (χ3v) is 4.98. The maximum Gasteiger partial charge on any atom is 0.312 e. The van der Waals surface area contributed by atoms with Gasteiger partial charge in [-0.2, -0.15) is 0 Å². The smallest absolute Gasteiger partial charge is 0.312 e. The van der Waals surface area contributed by atoms with E-state index in [4.69, 9.17) is 5.73 Å². The van der Waals surface area contributed by atoms with Crippen molar-refractivity contribution in [1.82, 2.24) is 26.1 Å². The fourth-order valence-electron chi connectivity index (χ4n) is 3.13. The number of carbonyl (C=O) groups is 3. The fourth-order valence-corrected chi connectivity index (χ4v) is 3.13. The highest BCUT2D eigenvalue weighted by molar-refractivity contribution is 6.07. The molecule has 0 spiro atoms. The lowest BCUT2D eigenvalue weighted by atomic mass is 9.99. The van der Waals surface area contributed by atoms with Crippen LogP contribution in [0.2, 0.25) is 0 Å². The molecular weight excluding hydrogens is 396 g/mol. The topological polar surface area (TPSA) is 139 Å². The molecule has 2 aromatic heterocycles. The minimum absolute atomic E-state index is 0.179. The van der Waals surface area contributed by atoms with Crippen molar-refractivity contribution >= 4 is 28.7 Å². The lowest BCUT2D eigenvalue weighted by Crippen LogP contribution is -2.55. The van der Waals surface area contributed by atoms with Crippen LogP contribution in [0.3, 0.4) is 0 Å². The minimum atomic E-state index is -0.874. The number of hydrazine groups is 1. The molecule has 9 nitrogen and oxygen atoms in total. The number of para-hydroxylation sites is 1. The fraction of sp³-hybridized carbons (Fsp3) is 0.227. The number of benzene rings is 1. The zero-order valence-electron chi connectivity index (χ0n) is 17.3. The number of carbonyl (C=O) groups excluding carboxylic acids is 3. The molecular formula is C22H24N6O3. The lowest BCUT2D eigenvalue weighted by Gasteiger charge is -2.22. The summed E-state index contributed by atoms with van der Waals surface area (Å²) in [5, 5.41) is 3.04. The second kappa shape index (κ2) is 9.66. The van der Waals surface area contributed by atoms with Crippen molar-refractivity contribution in [2.75, 3.05) is 0 Å². The first-order chi connectivity index (χ1) is 14.9. The van der Waals surface area contributed by atoms with Gasteiger partial charge in [0.2, 0.25) is 0 Å². The minimum Gasteiger partial charge on any atom is -0.352 e. The van der Waals surface area contributed by atoms with Crippen molar-refractivity contribution in [3.63, 3.8) is 0 Å². The SMILES string of the molecule is CCC(C)C(NC(N)=O)C(=O)NNC(=O)c1cc(-c2ccccn2)nc2ccccc12. The van der Waals surface area contributed by atoms with Crippen molar-refractivity contribution in [1.29, 1.82) is 0 Å². The van der Waals surface area contributed by atoms with Crippen LogP contribution in [0.15, 0.2) is 54.7 Å². The van der Waals surface area contributed by atoms with Gasteiger partial charge < -0.3 is 11.1 Å². The predicted molar refractivity (Wildman–Crippen MR) is 117 cm³/mol. The van der Waals surface area contributed by atoms with Crippen molar-refractivity contribution in [3.05, 3.63) is 60.3 Å². The molecule has 0 aliphatic heterocycles. The number of aromatic nitrogens is 2. The molecule has 9 heteroatoms. The summed E-state index contributed by atoms with van der Waals surface area (Å²) < 4.78 is 0. The van der Waals surface area contributed by atoms with E-state index in [1.807, 2.05) is 19.1 Å². The molecule has 0 radical (unpaired) electrons. The van der Waals surface area contributed by atoms with Gasteiger partial charge in [-0.3, -0.25) is 25.4 Å². The standard InChI is InChI=1S/C22H24N6O3/c1-3-13(2)19(26-22(23)31)21(30)28-27-20(29)15-12-18(17-10-6-7-11-24-17)25-16-9-5-4-8-14(15)16/h4-13,19H,3H2,1-2H3,(H,27,29)(H,28,30)(H3,23,26,31). The summed E-state index contributed by atoms with van der Waals surface area (Å²) in [6.07, 6.45) is 2.28. The van der Waals surface area contributed by atoms with E-state index in [2.05, 4.69) is 26.1 Å². The number of nitrogens with one attached hydrogen (secondary N) is 3. The molecule has 4 amide bonds. The number of nitrogens with two attached hydrogens (primary N) is 1. The summed E-state index contributed by atoms with van der Waals surface area (Å²) in [5.41, 5.74) is 12.1. The average Bonchev–Trinajstić information content (AvgIpc) is 2.80. The Labute approximate surface area is 179 Å². The van der Waals surface area contributed by atoms with Crippen LogP contribution in [0, 0.1) is 5.92 Å². The highest BCUT2D eigenvalue weighted by Crippen LogP contribution is 2.23. The summed E-state index contributed by atoms with van der Waals surface area (Å²) in [5.74, 6) is -1.27. The number of hydrogen-bond acceptors (Lipinski definition) is 5. The molecule has 5 N–H and O–H groups in total. The van der Waals surface area contributed by atoms with E-state index < -0.39 is 23.9 Å². The van der Waals surface area contributed by atoms with Crippen LogP contribution >= 0.6 is 0 Å². The van der Waals surface area contributed by atoms with Crippen LogP contribution in [0.1, 0.15) is 30.6 Å². The second-order valence-electron chi connectivity index (χ2n) is 7.10. The monoisotopic (exact) mass is 420 g/mol. The van der Waals surface area contributed by atoms with Crippen LogP contribution in [-0.2, 0) is 4.79 Å². The molecule has 0 saturated carbocycles. The molecule has 2 unspecified atom stereocenters. The Hall–Kier alpha value is -4.01. The molecule has 0 aliphatic carbocycles. The number of primary amides is 1. The highest BCUT2D eigenvalue weighted by Gasteiger charge is 2.26. The maximum atomic E-state index is 12.9. The maximum absolute atomic E-state index is 12.9. The van der Waals surface area contributed by atoms with Gasteiger partial charge in [0.1, 0.15) is 6.04 Å². The Morgan fingerprint density at radius 1 is 1.03 bits per heavy atom. The average molecular weight is 420 g/mol. The largest absolute Gasteiger partial charge is 0.352 e. The number of urea groups is 1. The second-order valence-corrected chi connectivity index (χ2v) is 7.10. The number of fused-ring (bicyclic) bond motifs is 1. The highest BCUT2D eigenvalue weighted by atomic mass is 16.2. The van der Waals surface area contributed by atoms with E-state index in [0.717, 1.165) is 0 Å². The van der Waals surface area contributed by atoms with Crippen molar-refractivity contribution in [2.45, 2.75) is 26.3 Å². The first kappa shape index (κ1) is 21.7. The zero-order chi connectivity index (χ0) is 22.4. The normalized spacial score (nSPS) is 12.6. The van der Waals surface area contributed by atoms with Crippen LogP contribution in [0.5, 0.6) is 0 Å². The van der Waals surface area contributed by atoms with Crippen molar-refractivity contribution in [2.24, 2.45) is 11.7 Å². The Balaban J connectivity index is 1.86. The van der Waals surface area contributed by atoms with E-state index in [1.54, 1.807) is 49.5 Å². The van der Waals surface area contributed by atoms with Gasteiger partial charge in [-0.05, 0) is 30.2 Å². The molecule has 31 heavy (non-hydrogen) atoms. The van der Waals surface area contributed by atoms with E-state index >= 15 is 0 Å². The van der Waals surface area contributed by atoms with Crippen LogP contribution in [0.25, 0.3) is 22.3 Å². The molecule has 0 fully saturated rings. The Bertz CT molecular complexity index is 1100. The molecule has 160 valence electrons. The molecule has 2 atom stereocenters. The van der Waals surface area contributed by atoms with Gasteiger partial charge in [-0.1, -0.05) is 44.5 Å². The van der Waals surface area contributed by atoms with E-state index in [1.165, 1.54) is 0 Å². The Kier molecular flexibility index (Phi) is 6.76. The van der Waals surface area contributed by atoms with Crippen LogP contribution in [0.4, 0.5) is 4.79 Å². The molecule has 2 heterocycles. The Morgan fingerprint density at radius 2 is 1.77 bits per heavy atom. The zero-order valence-corrected chi connectivity index (χ0v) is 17.3. The van der Waals surface area contributed by atoms with Gasteiger partial charge in [0.15, 0.2) is 0 Å². The molecule has 0 bridgehead atoms. The third kappa shape index (κ3) is 5.13. The van der Waals surface area contributed by atoms with E-state index in [0.29, 0.717) is 34.3 Å². The summed E-state index contributed by atoms with van der Waals surface area (Å²) >= 11 is 0. The molecule has 1 aromatic carbocycles. The van der Waals surface area contributed by atoms with Crippen molar-refractivity contribution in [3.8, 4) is 11.4 Å². The van der Waals surface area contributed by atoms with Gasteiger partial charge in [0, 0.05) is 11.6 Å². The van der Waals surface area contributed by atoms with E-state index in [9.17, 15) is 14.4 Å². The van der Waals surface area contributed by atoms with E-state index in [-0.39, 0.29) is 5.92 Å². The number of rotatable bonds is 6. The van der Waals surface area contributed by atoms with Gasteiger partial charge in [-0.15, -0.1) is 0 Å². The summed E-state index contributed by atoms with van der Waals surface area (Å²) in [6.45, 7) is 3.69.